The fourth-order valence-corrected chi connectivity index (χ4v) is 21.2. The number of ether oxygens (including phenoxy) is 4. The van der Waals surface area contributed by atoms with Gasteiger partial charge < -0.3 is 18.9 Å². The van der Waals surface area contributed by atoms with Gasteiger partial charge in [0, 0.05) is 55.2 Å². The predicted molar refractivity (Wildman–Crippen MR) is 424 cm³/mol. The first kappa shape index (κ1) is 55.1. The maximum Gasteiger partial charge on any atom is 0.131 e. The lowest BCUT2D eigenvalue weighted by Crippen LogP contribution is -2.04. The number of hydrogen-bond donors (Lipinski definition) is 0. The van der Waals surface area contributed by atoms with Crippen LogP contribution in [0.2, 0.25) is 0 Å². The van der Waals surface area contributed by atoms with Crippen molar-refractivity contribution in [3.63, 3.8) is 0 Å². The van der Waals surface area contributed by atoms with Gasteiger partial charge in [-0.2, -0.15) is 0 Å². The highest BCUT2D eigenvalue weighted by Crippen LogP contribution is 2.67. The fraction of sp³-hybridized carbons (Fsp3) is 0.255. The molecule has 0 saturated heterocycles. The van der Waals surface area contributed by atoms with E-state index in [1.165, 1.54) is 288 Å². The van der Waals surface area contributed by atoms with Crippen LogP contribution in [0.4, 0.5) is 0 Å². The number of hydrogen-bond acceptors (Lipinski definition) is 4. The second-order valence-electron chi connectivity index (χ2n) is 29.9. The highest BCUT2D eigenvalue weighted by molar-refractivity contribution is 6.66. The molecule has 0 spiro atoms. The number of fused-ring (bicyclic) bond motifs is 10. The summed E-state index contributed by atoms with van der Waals surface area (Å²) in [5.74, 6) is 3.74. The molecule has 0 aliphatic carbocycles. The molecule has 4 nitrogen and oxygen atoms in total. The van der Waals surface area contributed by atoms with E-state index in [2.05, 4.69) is 161 Å². The first-order valence-corrected chi connectivity index (χ1v) is 37.6. The molecule has 0 amide bonds. The Morgan fingerprint density at radius 1 is 0.163 bits per heavy atom. The molecule has 23 rings (SSSR count). The molecule has 0 radical (unpaired) electrons. The summed E-state index contributed by atoms with van der Waals surface area (Å²) in [7, 11) is 0. The summed E-state index contributed by atoms with van der Waals surface area (Å²) in [6, 6.07) is 53.7. The summed E-state index contributed by atoms with van der Waals surface area (Å²) < 4.78 is 30.4. The molecule has 474 valence electrons. The Morgan fingerprint density at radius 3 is 0.571 bits per heavy atom. The highest BCUT2D eigenvalue weighted by Gasteiger charge is 2.38. The SMILES string of the molecule is CCCCCCOc1cc(OCCCCCC)c2c3ccc4c5cccc6c7cccc8c9ccc%10c%11c(OCCCCCC)cc(OCCCCCC)c%12c%13ccc%14c%15cccc%16c%17cccc%18c%19ccc%20c1c2c1c2c%20c%19c(c%14c%13c2c(c%12%11)c2c%10c9c(c4c3c12)c(c65)c78)c(c%17%18)c%16%15. The average Bonchev–Trinajstić information content (AvgIpc) is 1.41. The molecular formula is C94H74O4. The molecule has 0 aliphatic heterocycles. The smallest absolute Gasteiger partial charge is 0.131 e. The molecule has 23 aromatic rings. The van der Waals surface area contributed by atoms with Gasteiger partial charge in [-0.1, -0.05) is 226 Å². The van der Waals surface area contributed by atoms with Gasteiger partial charge in [0.2, 0.25) is 0 Å². The van der Waals surface area contributed by atoms with Crippen molar-refractivity contribution in [1.29, 1.82) is 0 Å². The Bertz CT molecular complexity index is 6270. The molecule has 0 fully saturated rings. The van der Waals surface area contributed by atoms with Crippen molar-refractivity contribution in [3.8, 4) is 23.0 Å². The van der Waals surface area contributed by atoms with E-state index in [4.69, 9.17) is 18.9 Å². The van der Waals surface area contributed by atoms with Crippen LogP contribution in [-0.2, 0) is 0 Å². The van der Waals surface area contributed by atoms with Crippen LogP contribution in [0.1, 0.15) is 130 Å². The van der Waals surface area contributed by atoms with Gasteiger partial charge in [-0.05, 0) is 220 Å². The number of rotatable bonds is 24. The zero-order valence-corrected chi connectivity index (χ0v) is 56.5. The van der Waals surface area contributed by atoms with Crippen LogP contribution in [0.5, 0.6) is 23.0 Å². The fourth-order valence-electron chi connectivity index (χ4n) is 21.2. The number of benzene rings is 19. The van der Waals surface area contributed by atoms with E-state index in [1.807, 2.05) is 0 Å². The monoisotopic (exact) mass is 1270 g/mol. The molecule has 0 heterocycles. The van der Waals surface area contributed by atoms with Crippen molar-refractivity contribution in [2.75, 3.05) is 26.4 Å². The molecule has 0 saturated carbocycles. The van der Waals surface area contributed by atoms with Gasteiger partial charge >= 0.3 is 0 Å². The maximum atomic E-state index is 7.60. The first-order valence-electron chi connectivity index (χ1n) is 37.6. The normalized spacial score (nSPS) is 13.5. The number of unbranched alkanes of at least 4 members (excludes halogenated alkanes) is 12. The van der Waals surface area contributed by atoms with E-state index in [9.17, 15) is 0 Å². The molecule has 0 aromatic heterocycles. The maximum absolute atomic E-state index is 7.60. The lowest BCUT2D eigenvalue weighted by atomic mass is 9.77. The summed E-state index contributed by atoms with van der Waals surface area (Å²) >= 11 is 0. The second-order valence-corrected chi connectivity index (χ2v) is 29.9. The van der Waals surface area contributed by atoms with Gasteiger partial charge in [0.25, 0.3) is 0 Å². The van der Waals surface area contributed by atoms with Crippen molar-refractivity contribution in [1.82, 2.24) is 0 Å². The minimum atomic E-state index is 0.635. The summed E-state index contributed by atoms with van der Waals surface area (Å²) in [5.41, 5.74) is 0. The van der Waals surface area contributed by atoms with Gasteiger partial charge in [0.15, 0.2) is 0 Å². The lowest BCUT2D eigenvalue weighted by molar-refractivity contribution is 0.295. The molecule has 98 heavy (non-hydrogen) atoms. The van der Waals surface area contributed by atoms with E-state index < -0.39 is 0 Å². The van der Waals surface area contributed by atoms with Crippen molar-refractivity contribution in [2.24, 2.45) is 0 Å². The highest BCUT2D eigenvalue weighted by atomic mass is 16.5. The van der Waals surface area contributed by atoms with Crippen molar-refractivity contribution >= 4 is 237 Å². The average molecular weight is 1270 g/mol. The van der Waals surface area contributed by atoms with Crippen LogP contribution < -0.4 is 18.9 Å². The molecule has 0 unspecified atom stereocenters. The van der Waals surface area contributed by atoms with Crippen LogP contribution in [0.3, 0.4) is 0 Å². The van der Waals surface area contributed by atoms with Crippen LogP contribution in [-0.4, -0.2) is 26.4 Å². The topological polar surface area (TPSA) is 36.9 Å². The van der Waals surface area contributed by atoms with Crippen molar-refractivity contribution in [3.05, 3.63) is 133 Å². The summed E-state index contributed by atoms with van der Waals surface area (Å²) in [6.07, 6.45) is 17.9. The summed E-state index contributed by atoms with van der Waals surface area (Å²) in [6.45, 7) is 11.8. The third kappa shape index (κ3) is 6.48. The lowest BCUT2D eigenvalue weighted by Gasteiger charge is -2.27. The molecule has 4 heteroatoms. The van der Waals surface area contributed by atoms with Gasteiger partial charge in [-0.15, -0.1) is 0 Å². The van der Waals surface area contributed by atoms with Crippen molar-refractivity contribution < 1.29 is 18.9 Å². The molecule has 23 aromatic carbocycles. The van der Waals surface area contributed by atoms with Gasteiger partial charge in [0.05, 0.1) is 26.4 Å². The van der Waals surface area contributed by atoms with Gasteiger partial charge in [0.1, 0.15) is 23.0 Å². The minimum Gasteiger partial charge on any atom is -0.493 e. The zero-order valence-electron chi connectivity index (χ0n) is 56.5. The minimum absolute atomic E-state index is 0.635. The summed E-state index contributed by atoms with van der Waals surface area (Å²) in [5, 5.41) is 58.4. The van der Waals surface area contributed by atoms with E-state index in [0.717, 1.165) is 74.4 Å². The first-order chi connectivity index (χ1) is 48.6. The van der Waals surface area contributed by atoms with E-state index >= 15 is 0 Å². The van der Waals surface area contributed by atoms with Gasteiger partial charge in [-0.25, -0.2) is 0 Å². The standard InChI is InChI=1S/C94H74O4/c1-5-9-13-17-41-95-63-45-64(96-42-18-14-10-6-2)72-60-38-34-56-52-30-23-27-49-50-28-24-32-54-58-36-40-62-74-66(98-44-20-16-12-8-4)46-65(97-43-19-15-11-7-3)73-61-39-35-57-53-31-22-26-48-47-25-21-29-51-55-33-37-59-71(63)85(72)93-89-79(59)75(55)87(83(67(47)51)68(48)53)77(57)81(61)91(89)94(86(73)74)92-82(62)78(58)88(76(56)80(60)90(92)93)84(69(49)52)70(50)54/h21-40,45-46H,5-20,41-44H2,1-4H3. The Kier molecular flexibility index (Phi) is 11.2. The third-order valence-electron chi connectivity index (χ3n) is 24.9. The van der Waals surface area contributed by atoms with E-state index in [-0.39, 0.29) is 0 Å². The quantitative estimate of drug-likeness (QED) is 0.0343. The zero-order chi connectivity index (χ0) is 64.2. The largest absolute Gasteiger partial charge is 0.493 e. The Hall–Kier alpha value is -9.90. The van der Waals surface area contributed by atoms with Crippen LogP contribution in [0, 0.1) is 0 Å². The molecule has 0 N–H and O–H groups in total. The van der Waals surface area contributed by atoms with Crippen LogP contribution in [0.15, 0.2) is 133 Å². The van der Waals surface area contributed by atoms with Gasteiger partial charge in [-0.3, -0.25) is 0 Å². The molecule has 0 atom stereocenters. The van der Waals surface area contributed by atoms with E-state index in [1.54, 1.807) is 0 Å². The molecule has 0 bridgehead atoms. The Morgan fingerprint density at radius 2 is 0.337 bits per heavy atom. The predicted octanol–water partition coefficient (Wildman–Crippen LogP) is 28.1. The Balaban J connectivity index is 1.06. The Labute approximate surface area is 565 Å². The van der Waals surface area contributed by atoms with Crippen molar-refractivity contribution in [2.45, 2.75) is 130 Å². The molecule has 0 aliphatic rings. The second kappa shape index (κ2) is 19.9. The summed E-state index contributed by atoms with van der Waals surface area (Å²) in [4.78, 5) is 0. The van der Waals surface area contributed by atoms with E-state index in [0.29, 0.717) is 26.4 Å². The van der Waals surface area contributed by atoms with Crippen LogP contribution >= 0.6 is 0 Å². The van der Waals surface area contributed by atoms with Crippen LogP contribution in [0.25, 0.3) is 237 Å². The molecular weight excluding hydrogens is 1190 g/mol. The third-order valence-corrected chi connectivity index (χ3v) is 24.9.